The molecule has 2 N–H and O–H groups in total. The molecule has 0 atom stereocenters. The Bertz CT molecular complexity index is 738. The molecule has 0 unspecified atom stereocenters. The fourth-order valence-electron chi connectivity index (χ4n) is 2.74. The quantitative estimate of drug-likeness (QED) is 0.805. The number of likely N-dealkylation sites (tertiary alicyclic amines) is 1. The fraction of sp³-hybridized carbons (Fsp3) is 0.500. The molecule has 1 aliphatic heterocycles. The van der Waals surface area contributed by atoms with E-state index in [2.05, 4.69) is 0 Å². The number of amides is 2. The van der Waals surface area contributed by atoms with E-state index in [9.17, 15) is 18.0 Å². The van der Waals surface area contributed by atoms with Crippen LogP contribution in [0.25, 0.3) is 0 Å². The van der Waals surface area contributed by atoms with Gasteiger partial charge in [0.25, 0.3) is 5.91 Å². The van der Waals surface area contributed by atoms with Crippen molar-refractivity contribution < 1.29 is 18.0 Å². The number of hydrogen-bond acceptors (Lipinski definition) is 4. The van der Waals surface area contributed by atoms with Gasteiger partial charge in [0.2, 0.25) is 5.91 Å². The Hall–Kier alpha value is -2.13. The van der Waals surface area contributed by atoms with Crippen LogP contribution >= 0.6 is 0 Å². The number of primary amides is 1. The zero-order chi connectivity index (χ0) is 18.8. The third-order valence-electron chi connectivity index (χ3n) is 4.47. The van der Waals surface area contributed by atoms with E-state index in [1.807, 2.05) is 0 Å². The highest BCUT2D eigenvalue weighted by molar-refractivity contribution is 7.90. The molecule has 2 amide bonds. The lowest BCUT2D eigenvalue weighted by molar-refractivity contribution is -0.123. The highest BCUT2D eigenvalue weighted by atomic mass is 32.2. The first-order chi connectivity index (χ1) is 11.6. The third-order valence-corrected chi connectivity index (χ3v) is 6.30. The van der Waals surface area contributed by atoms with E-state index in [4.69, 9.17) is 5.73 Å². The largest absolute Gasteiger partial charge is 0.369 e. The molecule has 25 heavy (non-hydrogen) atoms. The van der Waals surface area contributed by atoms with Crippen LogP contribution in [0, 0.1) is 5.92 Å². The maximum atomic E-state index is 12.5. The summed E-state index contributed by atoms with van der Waals surface area (Å²) in [5.41, 5.74) is 6.25. The number of anilines is 1. The number of rotatable bonds is 5. The normalized spacial score (nSPS) is 16.1. The average molecular weight is 368 g/mol. The smallest absolute Gasteiger partial charge is 0.303 e. The van der Waals surface area contributed by atoms with Crippen molar-refractivity contribution in [1.82, 2.24) is 9.21 Å². The van der Waals surface area contributed by atoms with Gasteiger partial charge in [-0.3, -0.25) is 13.9 Å². The number of nitrogens with zero attached hydrogens (tertiary/aromatic N) is 3. The Kier molecular flexibility index (Phi) is 5.69. The standard InChI is InChI=1S/C16H24N4O4S/c1-18(2)25(23,24)19(3)14-6-4-13(5-7-14)16(22)20-10-8-12(9-11-20)15(17)21/h4-7,12H,8-11H2,1-3H3,(H2,17,21). The molecule has 2 rings (SSSR count). The summed E-state index contributed by atoms with van der Waals surface area (Å²) in [5.74, 6) is -0.620. The minimum Gasteiger partial charge on any atom is -0.369 e. The Morgan fingerprint density at radius 2 is 1.60 bits per heavy atom. The van der Waals surface area contributed by atoms with Gasteiger partial charge in [-0.05, 0) is 37.1 Å². The SMILES string of the molecule is CN(C)S(=O)(=O)N(C)c1ccc(C(=O)N2CCC(C(N)=O)CC2)cc1. The molecule has 0 aromatic heterocycles. The predicted octanol–water partition coefficient (Wildman–Crippen LogP) is 0.267. The molecule has 0 aliphatic carbocycles. The number of piperidine rings is 1. The van der Waals surface area contributed by atoms with Crippen LogP contribution in [-0.2, 0) is 15.0 Å². The van der Waals surface area contributed by atoms with Gasteiger partial charge < -0.3 is 10.6 Å². The molecular weight excluding hydrogens is 344 g/mol. The Labute approximate surface area is 148 Å². The molecule has 9 heteroatoms. The molecule has 1 aromatic carbocycles. The lowest BCUT2D eigenvalue weighted by Crippen LogP contribution is -2.41. The number of carbonyl (C=O) groups is 2. The van der Waals surface area contributed by atoms with Crippen molar-refractivity contribution in [2.24, 2.45) is 11.7 Å². The molecule has 0 saturated carbocycles. The minimum atomic E-state index is -3.57. The van der Waals surface area contributed by atoms with Crippen LogP contribution in [-0.4, -0.2) is 63.7 Å². The molecule has 1 heterocycles. The van der Waals surface area contributed by atoms with E-state index in [1.165, 1.54) is 21.1 Å². The molecule has 1 aromatic rings. The summed E-state index contributed by atoms with van der Waals surface area (Å²) in [6, 6.07) is 6.42. The van der Waals surface area contributed by atoms with Crippen LogP contribution in [0.5, 0.6) is 0 Å². The number of carbonyl (C=O) groups excluding carboxylic acids is 2. The van der Waals surface area contributed by atoms with E-state index in [-0.39, 0.29) is 17.7 Å². The molecule has 0 spiro atoms. The summed E-state index contributed by atoms with van der Waals surface area (Å²) in [6.07, 6.45) is 1.14. The number of nitrogens with two attached hydrogens (primary N) is 1. The van der Waals surface area contributed by atoms with E-state index < -0.39 is 10.2 Å². The summed E-state index contributed by atoms with van der Waals surface area (Å²) in [4.78, 5) is 25.4. The first-order valence-corrected chi connectivity index (χ1v) is 9.39. The van der Waals surface area contributed by atoms with Gasteiger partial charge in [-0.1, -0.05) is 0 Å². The van der Waals surface area contributed by atoms with Gasteiger partial charge in [-0.2, -0.15) is 12.7 Å². The second kappa shape index (κ2) is 7.40. The minimum absolute atomic E-state index is 0.132. The van der Waals surface area contributed by atoms with E-state index in [0.717, 1.165) is 8.61 Å². The van der Waals surface area contributed by atoms with Gasteiger partial charge in [0.15, 0.2) is 0 Å². The predicted molar refractivity (Wildman–Crippen MR) is 95.3 cm³/mol. The first kappa shape index (κ1) is 19.2. The summed E-state index contributed by atoms with van der Waals surface area (Å²) < 4.78 is 26.5. The van der Waals surface area contributed by atoms with Crippen molar-refractivity contribution in [1.29, 1.82) is 0 Å². The monoisotopic (exact) mass is 368 g/mol. The Balaban J connectivity index is 2.07. The van der Waals surface area contributed by atoms with Crippen molar-refractivity contribution in [2.75, 3.05) is 38.5 Å². The van der Waals surface area contributed by atoms with Gasteiger partial charge >= 0.3 is 10.2 Å². The van der Waals surface area contributed by atoms with Crippen molar-refractivity contribution in [3.63, 3.8) is 0 Å². The Morgan fingerprint density at radius 3 is 2.04 bits per heavy atom. The van der Waals surface area contributed by atoms with Crippen molar-refractivity contribution >= 4 is 27.7 Å². The van der Waals surface area contributed by atoms with Crippen molar-refractivity contribution in [2.45, 2.75) is 12.8 Å². The maximum Gasteiger partial charge on any atom is 0.303 e. The van der Waals surface area contributed by atoms with E-state index in [0.29, 0.717) is 37.2 Å². The van der Waals surface area contributed by atoms with Gasteiger partial charge in [0.05, 0.1) is 5.69 Å². The van der Waals surface area contributed by atoms with Gasteiger partial charge in [0, 0.05) is 45.7 Å². The van der Waals surface area contributed by atoms with Crippen molar-refractivity contribution in [3.8, 4) is 0 Å². The highest BCUT2D eigenvalue weighted by Gasteiger charge is 2.27. The van der Waals surface area contributed by atoms with Crippen LogP contribution in [0.1, 0.15) is 23.2 Å². The van der Waals surface area contributed by atoms with Gasteiger partial charge in [-0.15, -0.1) is 0 Å². The zero-order valence-corrected chi connectivity index (χ0v) is 15.5. The summed E-state index contributed by atoms with van der Waals surface area (Å²) in [7, 11) is 0.804. The second-order valence-corrected chi connectivity index (χ2v) is 8.45. The van der Waals surface area contributed by atoms with E-state index >= 15 is 0 Å². The lowest BCUT2D eigenvalue weighted by Gasteiger charge is -2.30. The molecule has 0 bridgehead atoms. The van der Waals surface area contributed by atoms with Gasteiger partial charge in [0.1, 0.15) is 0 Å². The first-order valence-electron chi connectivity index (χ1n) is 7.99. The molecular formula is C16H24N4O4S. The molecule has 1 aliphatic rings. The number of benzene rings is 1. The van der Waals surface area contributed by atoms with Crippen LogP contribution in [0.15, 0.2) is 24.3 Å². The fourth-order valence-corrected chi connectivity index (χ4v) is 3.62. The van der Waals surface area contributed by atoms with Crippen LogP contribution in [0.2, 0.25) is 0 Å². The summed E-state index contributed by atoms with van der Waals surface area (Å²) in [5, 5.41) is 0. The maximum absolute atomic E-state index is 12.5. The Morgan fingerprint density at radius 1 is 1.08 bits per heavy atom. The average Bonchev–Trinajstić information content (AvgIpc) is 2.60. The third kappa shape index (κ3) is 4.10. The highest BCUT2D eigenvalue weighted by Crippen LogP contribution is 2.21. The summed E-state index contributed by atoms with van der Waals surface area (Å²) in [6.45, 7) is 0.978. The van der Waals surface area contributed by atoms with Crippen LogP contribution < -0.4 is 10.0 Å². The van der Waals surface area contributed by atoms with Crippen molar-refractivity contribution in [3.05, 3.63) is 29.8 Å². The van der Waals surface area contributed by atoms with Gasteiger partial charge in [-0.25, -0.2) is 0 Å². The van der Waals surface area contributed by atoms with Crippen LogP contribution in [0.3, 0.4) is 0 Å². The number of hydrogen-bond donors (Lipinski definition) is 1. The molecule has 138 valence electrons. The topological polar surface area (TPSA) is 104 Å². The van der Waals surface area contributed by atoms with E-state index in [1.54, 1.807) is 29.2 Å². The second-order valence-electron chi connectivity index (χ2n) is 6.27. The molecule has 1 fully saturated rings. The molecule has 0 radical (unpaired) electrons. The molecule has 1 saturated heterocycles. The summed E-state index contributed by atoms with van der Waals surface area (Å²) >= 11 is 0. The lowest BCUT2D eigenvalue weighted by atomic mass is 9.96. The molecule has 8 nitrogen and oxygen atoms in total. The van der Waals surface area contributed by atoms with Crippen LogP contribution in [0.4, 0.5) is 5.69 Å². The zero-order valence-electron chi connectivity index (χ0n) is 14.7.